The van der Waals surface area contributed by atoms with Crippen molar-refractivity contribution in [2.24, 2.45) is 0 Å². The monoisotopic (exact) mass is 414 g/mol. The van der Waals surface area contributed by atoms with Crippen LogP contribution < -0.4 is 11.5 Å². The van der Waals surface area contributed by atoms with Crippen molar-refractivity contribution in [3.05, 3.63) is 85.1 Å². The molecule has 0 amide bonds. The fourth-order valence-corrected chi connectivity index (χ4v) is 3.38. The van der Waals surface area contributed by atoms with Gasteiger partial charge in [0, 0.05) is 23.1 Å². The van der Waals surface area contributed by atoms with E-state index >= 15 is 0 Å². The standard InChI is InChI=1S/C23H18N6.ClH/c24-16-8-10-17(11-9-16)29-22(18-7-4-14-26-21(18)25)28-20-13-12-19(27-23(20)29)15-5-2-1-3-6-15;/h1-14H,24H2,(H2,25,26);1H. The van der Waals surface area contributed by atoms with E-state index in [1.807, 2.05) is 83.4 Å². The molecule has 5 aromatic rings. The molecule has 0 saturated heterocycles. The summed E-state index contributed by atoms with van der Waals surface area (Å²) in [6.07, 6.45) is 1.67. The van der Waals surface area contributed by atoms with Gasteiger partial charge in [0.15, 0.2) is 11.5 Å². The molecule has 0 saturated carbocycles. The molecule has 0 radical (unpaired) electrons. The molecule has 0 bridgehead atoms. The molecule has 5 rings (SSSR count). The first-order chi connectivity index (χ1) is 14.2. The molecule has 0 atom stereocenters. The summed E-state index contributed by atoms with van der Waals surface area (Å²) in [5.41, 5.74) is 17.8. The highest BCUT2D eigenvalue weighted by Gasteiger charge is 2.18. The maximum Gasteiger partial charge on any atom is 0.165 e. The molecule has 0 aliphatic heterocycles. The summed E-state index contributed by atoms with van der Waals surface area (Å²) < 4.78 is 1.99. The molecule has 0 fully saturated rings. The summed E-state index contributed by atoms with van der Waals surface area (Å²) in [6, 6.07) is 25.4. The summed E-state index contributed by atoms with van der Waals surface area (Å²) in [4.78, 5) is 14.0. The lowest BCUT2D eigenvalue weighted by molar-refractivity contribution is 1.08. The van der Waals surface area contributed by atoms with Gasteiger partial charge >= 0.3 is 0 Å². The Kier molecular flexibility index (Phi) is 5.08. The molecular formula is C23H19ClN6. The zero-order valence-electron chi connectivity index (χ0n) is 15.9. The van der Waals surface area contributed by atoms with E-state index in [0.29, 0.717) is 17.3 Å². The third kappa shape index (κ3) is 3.33. The Morgan fingerprint density at radius 1 is 0.733 bits per heavy atom. The zero-order chi connectivity index (χ0) is 19.8. The highest BCUT2D eigenvalue weighted by molar-refractivity contribution is 5.85. The predicted molar refractivity (Wildman–Crippen MR) is 124 cm³/mol. The highest BCUT2D eigenvalue weighted by Crippen LogP contribution is 2.31. The number of hydrogen-bond donors (Lipinski definition) is 2. The fourth-order valence-electron chi connectivity index (χ4n) is 3.38. The van der Waals surface area contributed by atoms with Crippen LogP contribution in [0.5, 0.6) is 0 Å². The van der Waals surface area contributed by atoms with Crippen molar-refractivity contribution in [1.82, 2.24) is 19.5 Å². The van der Waals surface area contributed by atoms with Gasteiger partial charge in [-0.1, -0.05) is 30.3 Å². The SMILES string of the molecule is Cl.Nc1ccc(-n2c(-c3cccnc3N)nc3ccc(-c4ccccc4)nc32)cc1. The maximum absolute atomic E-state index is 6.16. The van der Waals surface area contributed by atoms with Crippen LogP contribution in [0.2, 0.25) is 0 Å². The Morgan fingerprint density at radius 2 is 1.50 bits per heavy atom. The van der Waals surface area contributed by atoms with Crippen LogP contribution in [-0.2, 0) is 0 Å². The molecule has 0 aliphatic rings. The summed E-state index contributed by atoms with van der Waals surface area (Å²) in [6.45, 7) is 0. The van der Waals surface area contributed by atoms with Crippen LogP contribution in [0.25, 0.3) is 39.5 Å². The highest BCUT2D eigenvalue weighted by atomic mass is 35.5. The molecule has 148 valence electrons. The van der Waals surface area contributed by atoms with Crippen LogP contribution >= 0.6 is 12.4 Å². The van der Waals surface area contributed by atoms with Crippen LogP contribution in [0, 0.1) is 0 Å². The van der Waals surface area contributed by atoms with Crippen molar-refractivity contribution in [3.8, 4) is 28.3 Å². The van der Waals surface area contributed by atoms with E-state index in [4.69, 9.17) is 21.4 Å². The fraction of sp³-hybridized carbons (Fsp3) is 0. The number of nitrogens with zero attached hydrogens (tertiary/aromatic N) is 4. The van der Waals surface area contributed by atoms with Crippen molar-refractivity contribution < 1.29 is 0 Å². The Balaban J connectivity index is 0.00000218. The lowest BCUT2D eigenvalue weighted by atomic mass is 10.1. The van der Waals surface area contributed by atoms with E-state index < -0.39 is 0 Å². The molecule has 3 heterocycles. The van der Waals surface area contributed by atoms with Crippen LogP contribution in [0.15, 0.2) is 85.1 Å². The minimum Gasteiger partial charge on any atom is -0.399 e. The summed E-state index contributed by atoms with van der Waals surface area (Å²) in [5, 5.41) is 0. The Labute approximate surface area is 179 Å². The van der Waals surface area contributed by atoms with Crippen molar-refractivity contribution in [2.45, 2.75) is 0 Å². The van der Waals surface area contributed by atoms with E-state index in [0.717, 1.165) is 33.7 Å². The second kappa shape index (κ2) is 7.85. The van der Waals surface area contributed by atoms with Crippen molar-refractivity contribution in [3.63, 3.8) is 0 Å². The van der Waals surface area contributed by atoms with Crippen molar-refractivity contribution in [2.75, 3.05) is 11.5 Å². The maximum atomic E-state index is 6.16. The Morgan fingerprint density at radius 3 is 2.23 bits per heavy atom. The number of benzene rings is 2. The number of pyridine rings is 2. The second-order valence-corrected chi connectivity index (χ2v) is 6.70. The van der Waals surface area contributed by atoms with Gasteiger partial charge < -0.3 is 11.5 Å². The first-order valence-electron chi connectivity index (χ1n) is 9.22. The topological polar surface area (TPSA) is 95.6 Å². The molecule has 30 heavy (non-hydrogen) atoms. The van der Waals surface area contributed by atoms with Crippen LogP contribution in [0.1, 0.15) is 0 Å². The van der Waals surface area contributed by atoms with E-state index in [2.05, 4.69) is 4.98 Å². The van der Waals surface area contributed by atoms with Gasteiger partial charge in [-0.2, -0.15) is 0 Å². The normalized spacial score (nSPS) is 10.7. The molecule has 6 nitrogen and oxygen atoms in total. The lowest BCUT2D eigenvalue weighted by Gasteiger charge is -2.11. The number of imidazole rings is 1. The van der Waals surface area contributed by atoms with Gasteiger partial charge in [0.25, 0.3) is 0 Å². The number of nitrogen functional groups attached to an aromatic ring is 2. The van der Waals surface area contributed by atoms with Crippen LogP contribution in [0.3, 0.4) is 0 Å². The molecule has 7 heteroatoms. The van der Waals surface area contributed by atoms with E-state index in [1.165, 1.54) is 0 Å². The number of halogens is 1. The van der Waals surface area contributed by atoms with Gasteiger partial charge in [0.1, 0.15) is 11.3 Å². The third-order valence-electron chi connectivity index (χ3n) is 4.80. The first-order valence-corrected chi connectivity index (χ1v) is 9.22. The van der Waals surface area contributed by atoms with Gasteiger partial charge in [-0.15, -0.1) is 12.4 Å². The third-order valence-corrected chi connectivity index (χ3v) is 4.80. The first kappa shape index (κ1) is 19.4. The smallest absolute Gasteiger partial charge is 0.165 e. The predicted octanol–water partition coefficient (Wildman–Crippen LogP) is 4.74. The molecule has 0 unspecified atom stereocenters. The largest absolute Gasteiger partial charge is 0.399 e. The van der Waals surface area contributed by atoms with E-state index in [1.54, 1.807) is 6.20 Å². The van der Waals surface area contributed by atoms with Gasteiger partial charge in [-0.05, 0) is 48.5 Å². The number of hydrogen-bond acceptors (Lipinski definition) is 5. The van der Waals surface area contributed by atoms with Crippen molar-refractivity contribution >= 4 is 35.1 Å². The quantitative estimate of drug-likeness (QED) is 0.416. The van der Waals surface area contributed by atoms with E-state index in [9.17, 15) is 0 Å². The van der Waals surface area contributed by atoms with Crippen LogP contribution in [0.4, 0.5) is 11.5 Å². The number of nitrogens with two attached hydrogens (primary N) is 2. The zero-order valence-corrected chi connectivity index (χ0v) is 16.8. The van der Waals surface area contributed by atoms with E-state index in [-0.39, 0.29) is 12.4 Å². The molecule has 2 aromatic carbocycles. The van der Waals surface area contributed by atoms with Gasteiger partial charge in [-0.3, -0.25) is 4.57 Å². The minimum absolute atomic E-state index is 0. The summed E-state index contributed by atoms with van der Waals surface area (Å²) in [5.74, 6) is 1.11. The number of fused-ring (bicyclic) bond motifs is 1. The average Bonchev–Trinajstić information content (AvgIpc) is 3.14. The molecular weight excluding hydrogens is 396 g/mol. The van der Waals surface area contributed by atoms with Gasteiger partial charge in [0.2, 0.25) is 0 Å². The Hall–Kier alpha value is -3.90. The summed E-state index contributed by atoms with van der Waals surface area (Å²) in [7, 11) is 0. The number of anilines is 2. The number of aromatic nitrogens is 4. The average molecular weight is 415 g/mol. The van der Waals surface area contributed by atoms with Crippen LogP contribution in [-0.4, -0.2) is 19.5 Å². The molecule has 4 N–H and O–H groups in total. The summed E-state index contributed by atoms with van der Waals surface area (Å²) >= 11 is 0. The number of rotatable bonds is 3. The van der Waals surface area contributed by atoms with Crippen molar-refractivity contribution in [1.29, 1.82) is 0 Å². The second-order valence-electron chi connectivity index (χ2n) is 6.70. The molecule has 3 aromatic heterocycles. The molecule has 0 aliphatic carbocycles. The Bertz CT molecular complexity index is 1310. The minimum atomic E-state index is 0. The van der Waals surface area contributed by atoms with Gasteiger partial charge in [-0.25, -0.2) is 15.0 Å². The lowest BCUT2D eigenvalue weighted by Crippen LogP contribution is -2.02. The van der Waals surface area contributed by atoms with Gasteiger partial charge in [0.05, 0.1) is 11.3 Å². The molecule has 0 spiro atoms.